The Labute approximate surface area is 103 Å². The zero-order valence-corrected chi connectivity index (χ0v) is 10.4. The van der Waals surface area contributed by atoms with Gasteiger partial charge in [0.25, 0.3) is 0 Å². The first-order valence-electron chi connectivity index (χ1n) is 5.54. The number of hydrogen-bond acceptors (Lipinski definition) is 4. The highest BCUT2D eigenvalue weighted by Gasteiger charge is 2.24. The zero-order chi connectivity index (χ0) is 11.8. The van der Waals surface area contributed by atoms with Crippen molar-refractivity contribution >= 4 is 27.2 Å². The van der Waals surface area contributed by atoms with E-state index in [0.29, 0.717) is 6.54 Å². The van der Waals surface area contributed by atoms with Crippen LogP contribution in [0.2, 0.25) is 0 Å². The maximum atomic E-state index is 5.82. The topological polar surface area (TPSA) is 62.8 Å². The van der Waals surface area contributed by atoms with Crippen molar-refractivity contribution in [3.63, 3.8) is 0 Å². The van der Waals surface area contributed by atoms with Gasteiger partial charge in [-0.1, -0.05) is 6.07 Å². The summed E-state index contributed by atoms with van der Waals surface area (Å²) in [4.78, 5) is 1.30. The molecular formula is C12H14N4S. The van der Waals surface area contributed by atoms with Gasteiger partial charge in [0, 0.05) is 17.0 Å². The van der Waals surface area contributed by atoms with Crippen molar-refractivity contribution in [2.24, 2.45) is 16.0 Å². The lowest BCUT2D eigenvalue weighted by molar-refractivity contribution is 0.746. The van der Waals surface area contributed by atoms with Crippen LogP contribution in [0.3, 0.4) is 0 Å². The lowest BCUT2D eigenvalue weighted by Gasteiger charge is -2.23. The Morgan fingerprint density at radius 3 is 3.06 bits per heavy atom. The van der Waals surface area contributed by atoms with Gasteiger partial charge in [-0.15, -0.1) is 20.7 Å². The molecule has 0 saturated carbocycles. The van der Waals surface area contributed by atoms with E-state index in [-0.39, 0.29) is 15.9 Å². The second-order valence-corrected chi connectivity index (χ2v) is 5.95. The molecule has 0 amide bonds. The second-order valence-electron chi connectivity index (χ2n) is 3.92. The summed E-state index contributed by atoms with van der Waals surface area (Å²) in [5, 5.41) is 14.1. The van der Waals surface area contributed by atoms with Crippen molar-refractivity contribution in [3.05, 3.63) is 29.8 Å². The molecule has 2 atom stereocenters. The predicted molar refractivity (Wildman–Crippen MR) is 72.8 cm³/mol. The molecule has 0 aliphatic carbocycles. The number of hydrogen-bond donors (Lipinski definition) is 2. The molecule has 0 saturated heterocycles. The van der Waals surface area contributed by atoms with E-state index in [1.807, 2.05) is 19.2 Å². The van der Waals surface area contributed by atoms with Crippen molar-refractivity contribution in [1.29, 1.82) is 0 Å². The van der Waals surface area contributed by atoms with Crippen LogP contribution in [0.25, 0.3) is 5.70 Å². The summed E-state index contributed by atoms with van der Waals surface area (Å²) in [5.41, 5.74) is 8.96. The molecule has 2 unspecified atom stereocenters. The van der Waals surface area contributed by atoms with E-state index >= 15 is 0 Å². The van der Waals surface area contributed by atoms with Crippen LogP contribution in [0.4, 0.5) is 5.69 Å². The Balaban J connectivity index is 2.16. The summed E-state index contributed by atoms with van der Waals surface area (Å²) in [5.74, 6) is 0. The summed E-state index contributed by atoms with van der Waals surface area (Å²) < 4.78 is 0. The second kappa shape index (κ2) is 4.18. The SMILES string of the molecule is CNC(CN)S1=CC=C2N=Nc3cccc1c32. The largest absolute Gasteiger partial charge is 0.328 e. The molecule has 5 heteroatoms. The van der Waals surface area contributed by atoms with Crippen molar-refractivity contribution in [3.8, 4) is 0 Å². The Morgan fingerprint density at radius 2 is 2.29 bits per heavy atom. The van der Waals surface area contributed by atoms with Gasteiger partial charge < -0.3 is 11.1 Å². The van der Waals surface area contributed by atoms with Crippen molar-refractivity contribution in [1.82, 2.24) is 5.32 Å². The maximum absolute atomic E-state index is 5.82. The van der Waals surface area contributed by atoms with Gasteiger partial charge in [-0.05, 0) is 30.6 Å². The molecule has 2 heterocycles. The summed E-state index contributed by atoms with van der Waals surface area (Å²) in [6.07, 6.45) is 2.06. The minimum Gasteiger partial charge on any atom is -0.328 e. The van der Waals surface area contributed by atoms with Gasteiger partial charge in [0.1, 0.15) is 0 Å². The summed E-state index contributed by atoms with van der Waals surface area (Å²) in [7, 11) is 1.95. The molecule has 4 nitrogen and oxygen atoms in total. The van der Waals surface area contributed by atoms with E-state index in [1.165, 1.54) is 10.5 Å². The monoisotopic (exact) mass is 246 g/mol. The molecule has 0 fully saturated rings. The molecule has 0 spiro atoms. The fraction of sp³-hybridized carbons (Fsp3) is 0.250. The molecule has 88 valence electrons. The fourth-order valence-electron chi connectivity index (χ4n) is 2.14. The van der Waals surface area contributed by atoms with E-state index in [9.17, 15) is 0 Å². The van der Waals surface area contributed by atoms with E-state index in [0.717, 1.165) is 11.4 Å². The highest BCUT2D eigenvalue weighted by atomic mass is 32.2. The highest BCUT2D eigenvalue weighted by molar-refractivity contribution is 8.15. The molecule has 1 aromatic carbocycles. The molecule has 0 radical (unpaired) electrons. The molecule has 17 heavy (non-hydrogen) atoms. The van der Waals surface area contributed by atoms with Crippen molar-refractivity contribution in [2.75, 3.05) is 13.6 Å². The van der Waals surface area contributed by atoms with Crippen LogP contribution in [0.15, 0.2) is 39.4 Å². The quantitative estimate of drug-likeness (QED) is 0.802. The van der Waals surface area contributed by atoms with Gasteiger partial charge in [0.05, 0.1) is 16.8 Å². The first kappa shape index (κ1) is 10.8. The lowest BCUT2D eigenvalue weighted by Crippen LogP contribution is -2.32. The predicted octanol–water partition coefficient (Wildman–Crippen LogP) is 2.07. The first-order valence-corrected chi connectivity index (χ1v) is 6.89. The summed E-state index contributed by atoms with van der Waals surface area (Å²) >= 11 is 0. The number of nitrogens with zero attached hydrogens (tertiary/aromatic N) is 2. The third kappa shape index (κ3) is 1.58. The maximum Gasteiger partial charge on any atom is 0.0967 e. The van der Waals surface area contributed by atoms with Crippen LogP contribution >= 0.6 is 10.5 Å². The van der Waals surface area contributed by atoms with Crippen LogP contribution in [0.1, 0.15) is 5.56 Å². The van der Waals surface area contributed by atoms with Gasteiger partial charge in [-0.2, -0.15) is 0 Å². The van der Waals surface area contributed by atoms with Gasteiger partial charge in [0.15, 0.2) is 0 Å². The Kier molecular flexibility index (Phi) is 2.66. The normalized spacial score (nSPS) is 21.8. The van der Waals surface area contributed by atoms with E-state index < -0.39 is 0 Å². The summed E-state index contributed by atoms with van der Waals surface area (Å²) in [6, 6.07) is 6.20. The highest BCUT2D eigenvalue weighted by Crippen LogP contribution is 2.46. The molecule has 0 aromatic heterocycles. The Morgan fingerprint density at radius 1 is 1.41 bits per heavy atom. The van der Waals surface area contributed by atoms with Gasteiger partial charge in [0.2, 0.25) is 0 Å². The Bertz CT molecular complexity index is 556. The lowest BCUT2D eigenvalue weighted by atomic mass is 10.1. The minimum atomic E-state index is -0.00590. The third-order valence-electron chi connectivity index (χ3n) is 2.99. The van der Waals surface area contributed by atoms with E-state index in [4.69, 9.17) is 5.73 Å². The van der Waals surface area contributed by atoms with Crippen LogP contribution in [-0.4, -0.2) is 24.3 Å². The van der Waals surface area contributed by atoms with Gasteiger partial charge in [-0.25, -0.2) is 0 Å². The van der Waals surface area contributed by atoms with Crippen molar-refractivity contribution < 1.29 is 0 Å². The van der Waals surface area contributed by atoms with Gasteiger partial charge >= 0.3 is 0 Å². The minimum absolute atomic E-state index is 0.00590. The number of benzene rings is 1. The van der Waals surface area contributed by atoms with Crippen LogP contribution < -0.4 is 11.1 Å². The molecule has 3 N–H and O–H groups in total. The van der Waals surface area contributed by atoms with Crippen LogP contribution in [-0.2, 0) is 0 Å². The van der Waals surface area contributed by atoms with E-state index in [1.54, 1.807) is 0 Å². The number of allylic oxidation sites excluding steroid dienone is 1. The van der Waals surface area contributed by atoms with Crippen LogP contribution in [0.5, 0.6) is 0 Å². The first-order chi connectivity index (χ1) is 8.35. The number of nitrogens with two attached hydrogens (primary N) is 1. The number of likely N-dealkylation sites (N-methyl/N-ethyl adjacent to an activating group) is 1. The molecule has 1 aromatic rings. The van der Waals surface area contributed by atoms with Crippen LogP contribution in [0, 0.1) is 0 Å². The van der Waals surface area contributed by atoms with Gasteiger partial charge in [-0.3, -0.25) is 0 Å². The number of azo groups is 1. The van der Waals surface area contributed by atoms with Crippen molar-refractivity contribution in [2.45, 2.75) is 10.3 Å². The zero-order valence-electron chi connectivity index (χ0n) is 9.55. The average molecular weight is 246 g/mol. The standard InChI is InChI=1S/C12H14N4S/c1-14-11(7-13)17-6-5-9-12-8(15-16-9)3-2-4-10(12)17/h2-6,11,14H,7,13H2,1H3. The average Bonchev–Trinajstić information content (AvgIpc) is 2.79. The summed E-state index contributed by atoms with van der Waals surface area (Å²) in [6.45, 7) is 0.622. The third-order valence-corrected chi connectivity index (χ3v) is 5.31. The fourth-order valence-corrected chi connectivity index (χ4v) is 4.20. The Hall–Kier alpha value is -1.30. The smallest absolute Gasteiger partial charge is 0.0967 e. The van der Waals surface area contributed by atoms with E-state index in [2.05, 4.69) is 33.1 Å². The molecular weight excluding hydrogens is 232 g/mol. The molecule has 0 bridgehead atoms. The number of nitrogens with one attached hydrogen (secondary N) is 1. The molecule has 2 aliphatic rings. The number of rotatable bonds is 3. The molecule has 2 aliphatic heterocycles. The molecule has 3 rings (SSSR count).